The number of ether oxygens (including phenoxy) is 1. The molecule has 0 bridgehead atoms. The number of rotatable bonds is 5. The van der Waals surface area contributed by atoms with Gasteiger partial charge in [0.05, 0.1) is 12.5 Å². The van der Waals surface area contributed by atoms with E-state index < -0.39 is 0 Å². The molecular weight excluding hydrogens is 278 g/mol. The summed E-state index contributed by atoms with van der Waals surface area (Å²) in [6.07, 6.45) is 8.10. The molecule has 0 radical (unpaired) electrons. The van der Waals surface area contributed by atoms with Crippen molar-refractivity contribution < 1.29 is 9.53 Å². The smallest absolute Gasteiger partial charge is 0.227 e. The number of pyridine rings is 1. The number of methoxy groups -OCH3 is 1. The Morgan fingerprint density at radius 1 is 1.50 bits per heavy atom. The van der Waals surface area contributed by atoms with Gasteiger partial charge in [0, 0.05) is 24.8 Å². The van der Waals surface area contributed by atoms with E-state index in [1.165, 1.54) is 12.8 Å². The summed E-state index contributed by atoms with van der Waals surface area (Å²) in [5.41, 5.74) is 0.975. The van der Waals surface area contributed by atoms with Crippen LogP contribution in [0.1, 0.15) is 37.7 Å². The van der Waals surface area contributed by atoms with Crippen LogP contribution in [0.5, 0.6) is 5.88 Å². The van der Waals surface area contributed by atoms with E-state index in [0.29, 0.717) is 18.5 Å². The summed E-state index contributed by atoms with van der Waals surface area (Å²) in [4.78, 5) is 16.8. The maximum Gasteiger partial charge on any atom is 0.227 e. The number of nitrogens with one attached hydrogen (secondary N) is 2. The summed E-state index contributed by atoms with van der Waals surface area (Å²) >= 11 is 0. The fourth-order valence-corrected chi connectivity index (χ4v) is 3.90. The largest absolute Gasteiger partial charge is 0.481 e. The molecule has 1 saturated carbocycles. The maximum absolute atomic E-state index is 12.7. The standard InChI is InChI=1S/C17H25N3O2/c1-22-15-12-13(5-9-19-15)6-10-20-16(21)17-7-3-2-4-14(17)18-11-8-17/h5,9,12,14,18H,2-4,6-8,10-11H2,1H3,(H,20,21)/t14-,17+/m0/s1. The first-order valence-electron chi connectivity index (χ1n) is 8.25. The van der Waals surface area contributed by atoms with Crippen LogP contribution in [-0.2, 0) is 11.2 Å². The van der Waals surface area contributed by atoms with Crippen molar-refractivity contribution in [2.75, 3.05) is 20.2 Å². The van der Waals surface area contributed by atoms with Gasteiger partial charge in [0.2, 0.25) is 11.8 Å². The van der Waals surface area contributed by atoms with Crippen LogP contribution in [0, 0.1) is 5.41 Å². The van der Waals surface area contributed by atoms with Crippen molar-refractivity contribution in [3.63, 3.8) is 0 Å². The van der Waals surface area contributed by atoms with Crippen LogP contribution in [0.4, 0.5) is 0 Å². The zero-order valence-corrected chi connectivity index (χ0v) is 13.2. The second kappa shape index (κ2) is 6.65. The van der Waals surface area contributed by atoms with Gasteiger partial charge >= 0.3 is 0 Å². The van der Waals surface area contributed by atoms with Gasteiger partial charge in [0.25, 0.3) is 0 Å². The highest BCUT2D eigenvalue weighted by Gasteiger charge is 2.49. The second-order valence-corrected chi connectivity index (χ2v) is 6.37. The minimum absolute atomic E-state index is 0.159. The molecule has 2 heterocycles. The lowest BCUT2D eigenvalue weighted by Crippen LogP contribution is -2.50. The molecular formula is C17H25N3O2. The third-order valence-electron chi connectivity index (χ3n) is 5.15. The van der Waals surface area contributed by atoms with E-state index in [1.54, 1.807) is 13.3 Å². The number of carbonyl (C=O) groups is 1. The van der Waals surface area contributed by atoms with Crippen molar-refractivity contribution in [1.82, 2.24) is 15.6 Å². The third-order valence-corrected chi connectivity index (χ3v) is 5.15. The van der Waals surface area contributed by atoms with E-state index in [9.17, 15) is 4.79 Å². The van der Waals surface area contributed by atoms with Gasteiger partial charge in [-0.25, -0.2) is 4.98 Å². The third kappa shape index (κ3) is 2.95. The molecule has 22 heavy (non-hydrogen) atoms. The first-order chi connectivity index (χ1) is 10.7. The number of amides is 1. The van der Waals surface area contributed by atoms with Crippen molar-refractivity contribution in [2.45, 2.75) is 44.6 Å². The summed E-state index contributed by atoms with van der Waals surface area (Å²) in [6.45, 7) is 1.64. The van der Waals surface area contributed by atoms with Gasteiger partial charge in [-0.05, 0) is 43.9 Å². The normalized spacial score (nSPS) is 27.2. The van der Waals surface area contributed by atoms with Crippen LogP contribution in [0.3, 0.4) is 0 Å². The predicted molar refractivity (Wildman–Crippen MR) is 84.8 cm³/mol. The first-order valence-corrected chi connectivity index (χ1v) is 8.25. The molecule has 2 aliphatic rings. The molecule has 2 atom stereocenters. The van der Waals surface area contributed by atoms with Crippen molar-refractivity contribution in [2.24, 2.45) is 5.41 Å². The van der Waals surface area contributed by atoms with Crippen molar-refractivity contribution in [3.8, 4) is 5.88 Å². The van der Waals surface area contributed by atoms with E-state index in [1.807, 2.05) is 12.1 Å². The SMILES string of the molecule is COc1cc(CCNC(=O)[C@@]23CCCC[C@@H]2NCC3)ccn1. The second-order valence-electron chi connectivity index (χ2n) is 6.37. The number of hydrogen-bond acceptors (Lipinski definition) is 4. The van der Waals surface area contributed by atoms with Gasteiger partial charge in [-0.3, -0.25) is 4.79 Å². The topological polar surface area (TPSA) is 63.2 Å². The molecule has 5 nitrogen and oxygen atoms in total. The van der Waals surface area contributed by atoms with Gasteiger partial charge in [0.15, 0.2) is 0 Å². The highest BCUT2D eigenvalue weighted by molar-refractivity contribution is 5.84. The maximum atomic E-state index is 12.7. The summed E-state index contributed by atoms with van der Waals surface area (Å²) < 4.78 is 5.13. The van der Waals surface area contributed by atoms with Crippen LogP contribution in [-0.4, -0.2) is 37.1 Å². The van der Waals surface area contributed by atoms with Crippen LogP contribution >= 0.6 is 0 Å². The van der Waals surface area contributed by atoms with Crippen LogP contribution in [0.2, 0.25) is 0 Å². The van der Waals surface area contributed by atoms with Crippen LogP contribution in [0.25, 0.3) is 0 Å². The molecule has 1 aliphatic heterocycles. The number of hydrogen-bond donors (Lipinski definition) is 2. The first kappa shape index (κ1) is 15.3. The lowest BCUT2D eigenvalue weighted by molar-refractivity contribution is -0.133. The van der Waals surface area contributed by atoms with E-state index in [2.05, 4.69) is 15.6 Å². The molecule has 1 saturated heterocycles. The van der Waals surface area contributed by atoms with Crippen LogP contribution < -0.4 is 15.4 Å². The number of nitrogens with zero attached hydrogens (tertiary/aromatic N) is 1. The molecule has 1 aromatic rings. The zero-order valence-electron chi connectivity index (χ0n) is 13.2. The van der Waals surface area contributed by atoms with E-state index in [0.717, 1.165) is 37.8 Å². The van der Waals surface area contributed by atoms with Gasteiger partial charge < -0.3 is 15.4 Å². The molecule has 0 unspecified atom stereocenters. The Kier molecular flexibility index (Phi) is 4.62. The fourth-order valence-electron chi connectivity index (χ4n) is 3.90. The predicted octanol–water partition coefficient (Wildman–Crippen LogP) is 1.67. The fraction of sp³-hybridized carbons (Fsp3) is 0.647. The van der Waals surface area contributed by atoms with Gasteiger partial charge in [-0.1, -0.05) is 12.8 Å². The molecule has 1 amide bonds. The van der Waals surface area contributed by atoms with E-state index in [-0.39, 0.29) is 11.3 Å². The Morgan fingerprint density at radius 2 is 2.41 bits per heavy atom. The molecule has 0 aromatic carbocycles. The van der Waals surface area contributed by atoms with Crippen LogP contribution in [0.15, 0.2) is 18.3 Å². The summed E-state index contributed by atoms with van der Waals surface area (Å²) in [5, 5.41) is 6.68. The average Bonchev–Trinajstić information content (AvgIpc) is 3.00. The Morgan fingerprint density at radius 3 is 3.27 bits per heavy atom. The number of fused-ring (bicyclic) bond motifs is 1. The average molecular weight is 303 g/mol. The highest BCUT2D eigenvalue weighted by atomic mass is 16.5. The molecule has 5 heteroatoms. The monoisotopic (exact) mass is 303 g/mol. The number of carbonyl (C=O) groups excluding carboxylic acids is 1. The van der Waals surface area contributed by atoms with Gasteiger partial charge in [0.1, 0.15) is 0 Å². The van der Waals surface area contributed by atoms with Gasteiger partial charge in [-0.2, -0.15) is 0 Å². The molecule has 3 rings (SSSR count). The molecule has 2 fully saturated rings. The summed E-state index contributed by atoms with van der Waals surface area (Å²) in [7, 11) is 1.61. The highest BCUT2D eigenvalue weighted by Crippen LogP contribution is 2.42. The van der Waals surface area contributed by atoms with E-state index >= 15 is 0 Å². The Hall–Kier alpha value is -1.62. The quantitative estimate of drug-likeness (QED) is 0.868. The summed E-state index contributed by atoms with van der Waals surface area (Å²) in [6, 6.07) is 4.26. The van der Waals surface area contributed by atoms with Crippen molar-refractivity contribution in [3.05, 3.63) is 23.9 Å². The minimum Gasteiger partial charge on any atom is -0.481 e. The summed E-state index contributed by atoms with van der Waals surface area (Å²) in [5.74, 6) is 0.859. The minimum atomic E-state index is -0.159. The molecule has 1 aromatic heterocycles. The van der Waals surface area contributed by atoms with Crippen molar-refractivity contribution >= 4 is 5.91 Å². The Balaban J connectivity index is 1.55. The molecule has 2 N–H and O–H groups in total. The lowest BCUT2D eigenvalue weighted by atomic mass is 9.70. The zero-order chi connectivity index (χ0) is 15.4. The Bertz CT molecular complexity index is 534. The molecule has 1 aliphatic carbocycles. The molecule has 120 valence electrons. The van der Waals surface area contributed by atoms with Crippen molar-refractivity contribution in [1.29, 1.82) is 0 Å². The van der Waals surface area contributed by atoms with E-state index in [4.69, 9.17) is 4.74 Å². The van der Waals surface area contributed by atoms with Gasteiger partial charge in [-0.15, -0.1) is 0 Å². The number of aromatic nitrogens is 1. The molecule has 0 spiro atoms. The Labute approximate surface area is 131 Å². The lowest BCUT2D eigenvalue weighted by Gasteiger charge is -2.37.